The van der Waals surface area contributed by atoms with Crippen molar-refractivity contribution in [3.05, 3.63) is 66.5 Å². The summed E-state index contributed by atoms with van der Waals surface area (Å²) in [5.74, 6) is 0.852. The van der Waals surface area contributed by atoms with Gasteiger partial charge in [-0.05, 0) is 38.0 Å². The molecule has 0 aliphatic carbocycles. The quantitative estimate of drug-likeness (QED) is 0.526. The maximum Gasteiger partial charge on any atom is 0.318 e. The van der Waals surface area contributed by atoms with E-state index in [1.54, 1.807) is 6.20 Å². The number of aryl methyl sites for hydroxylation is 2. The van der Waals surface area contributed by atoms with Gasteiger partial charge in [0, 0.05) is 67.3 Å². The van der Waals surface area contributed by atoms with Crippen LogP contribution < -0.4 is 5.32 Å². The Morgan fingerprint density at radius 2 is 2.00 bits per heavy atom. The Bertz CT molecular complexity index is 1360. The van der Waals surface area contributed by atoms with Gasteiger partial charge in [-0.2, -0.15) is 5.10 Å². The van der Waals surface area contributed by atoms with Gasteiger partial charge >= 0.3 is 6.03 Å². The number of aromatic nitrogens is 5. The average molecular weight is 442 g/mol. The Morgan fingerprint density at radius 1 is 1.15 bits per heavy atom. The number of nitrogens with one attached hydrogen (secondary N) is 1. The molecule has 0 radical (unpaired) electrons. The van der Waals surface area contributed by atoms with Gasteiger partial charge in [-0.1, -0.05) is 18.2 Å². The molecule has 1 saturated heterocycles. The molecule has 8 heteroatoms. The lowest BCUT2D eigenvalue weighted by Crippen LogP contribution is -2.41. The Morgan fingerprint density at radius 3 is 2.85 bits per heavy atom. The van der Waals surface area contributed by atoms with E-state index >= 15 is 0 Å². The third kappa shape index (κ3) is 3.28. The summed E-state index contributed by atoms with van der Waals surface area (Å²) in [5, 5.41) is 9.13. The van der Waals surface area contributed by atoms with Gasteiger partial charge in [-0.15, -0.1) is 0 Å². The lowest BCUT2D eigenvalue weighted by Gasteiger charge is -2.24. The summed E-state index contributed by atoms with van der Waals surface area (Å²) < 4.78 is 4.07. The SMILES string of the molecule is CC(NC(=O)N1CCC2(CCn3nc(-c4cnc5ccccc5c4)cc32)C1)c1nccn1C. The van der Waals surface area contributed by atoms with Gasteiger partial charge in [0.25, 0.3) is 0 Å². The maximum absolute atomic E-state index is 13.0. The highest BCUT2D eigenvalue weighted by Crippen LogP contribution is 2.43. The second-order valence-corrected chi connectivity index (χ2v) is 9.32. The van der Waals surface area contributed by atoms with Gasteiger partial charge < -0.3 is 14.8 Å². The van der Waals surface area contributed by atoms with Crippen molar-refractivity contribution in [2.24, 2.45) is 7.05 Å². The molecule has 168 valence electrons. The third-order valence-electron chi connectivity index (χ3n) is 7.24. The highest BCUT2D eigenvalue weighted by Gasteiger charge is 2.47. The lowest BCUT2D eigenvalue weighted by atomic mass is 9.82. The number of likely N-dealkylation sites (tertiary alicyclic amines) is 1. The van der Waals surface area contributed by atoms with Crippen molar-refractivity contribution in [2.45, 2.75) is 37.8 Å². The minimum absolute atomic E-state index is 0.0284. The van der Waals surface area contributed by atoms with Crippen LogP contribution in [0, 0.1) is 0 Å². The zero-order valence-electron chi connectivity index (χ0n) is 18.9. The predicted octanol–water partition coefficient (Wildman–Crippen LogP) is 3.65. The highest BCUT2D eigenvalue weighted by molar-refractivity contribution is 5.82. The van der Waals surface area contributed by atoms with Gasteiger partial charge in [-0.25, -0.2) is 9.78 Å². The second-order valence-electron chi connectivity index (χ2n) is 9.32. The second kappa shape index (κ2) is 7.43. The first kappa shape index (κ1) is 20.0. The van der Waals surface area contributed by atoms with E-state index in [4.69, 9.17) is 5.10 Å². The molecule has 6 rings (SSSR count). The number of carbonyl (C=O) groups is 1. The van der Waals surface area contributed by atoms with Crippen LogP contribution in [0.4, 0.5) is 4.79 Å². The first-order valence-corrected chi connectivity index (χ1v) is 11.5. The summed E-state index contributed by atoms with van der Waals surface area (Å²) in [4.78, 5) is 23.9. The molecular formula is C25H27N7O. The Kier molecular flexibility index (Phi) is 4.50. The number of nitrogens with zero attached hydrogens (tertiary/aromatic N) is 6. The van der Waals surface area contributed by atoms with Crippen LogP contribution in [-0.4, -0.2) is 48.3 Å². The van der Waals surface area contributed by atoms with Crippen LogP contribution in [0.1, 0.15) is 37.3 Å². The van der Waals surface area contributed by atoms with Crippen molar-refractivity contribution < 1.29 is 4.79 Å². The Labute approximate surface area is 192 Å². The number of carbonyl (C=O) groups excluding carboxylic acids is 1. The Hall–Kier alpha value is -3.68. The molecule has 2 amide bonds. The van der Waals surface area contributed by atoms with Gasteiger partial charge in [-0.3, -0.25) is 9.67 Å². The number of hydrogen-bond donors (Lipinski definition) is 1. The molecular weight excluding hydrogens is 414 g/mol. The van der Waals surface area contributed by atoms with Crippen molar-refractivity contribution in [2.75, 3.05) is 13.1 Å². The molecule has 2 aliphatic rings. The molecule has 4 aromatic rings. The van der Waals surface area contributed by atoms with E-state index < -0.39 is 0 Å². The standard InChI is InChI=1S/C25H27N7O/c1-17(23-26-9-12-30(23)2)28-24(33)31-10-7-25(16-31)8-11-32-22(25)14-21(29-32)19-13-18-5-3-4-6-20(18)27-15-19/h3-6,9,12-15,17H,7-8,10-11,16H2,1-2H3,(H,28,33). The number of fused-ring (bicyclic) bond motifs is 3. The fraction of sp³-hybridized carbons (Fsp3) is 0.360. The molecule has 0 bridgehead atoms. The van der Waals surface area contributed by atoms with Crippen LogP contribution in [0.15, 0.2) is 55.0 Å². The zero-order valence-corrected chi connectivity index (χ0v) is 18.9. The molecule has 5 heterocycles. The van der Waals surface area contributed by atoms with Crippen molar-refractivity contribution in [3.63, 3.8) is 0 Å². The third-order valence-corrected chi connectivity index (χ3v) is 7.24. The summed E-state index contributed by atoms with van der Waals surface area (Å²) in [6, 6.07) is 12.3. The normalized spacial score (nSPS) is 20.5. The van der Waals surface area contributed by atoms with Crippen LogP contribution in [-0.2, 0) is 19.0 Å². The van der Waals surface area contributed by atoms with E-state index in [-0.39, 0.29) is 17.5 Å². The monoisotopic (exact) mass is 441 g/mol. The minimum Gasteiger partial charge on any atom is -0.336 e. The van der Waals surface area contributed by atoms with Crippen LogP contribution in [0.2, 0.25) is 0 Å². The zero-order chi connectivity index (χ0) is 22.6. The smallest absolute Gasteiger partial charge is 0.318 e. The van der Waals surface area contributed by atoms with Crippen LogP contribution >= 0.6 is 0 Å². The molecule has 33 heavy (non-hydrogen) atoms. The summed E-state index contributed by atoms with van der Waals surface area (Å²) in [5.41, 5.74) is 4.18. The van der Waals surface area contributed by atoms with E-state index in [2.05, 4.69) is 38.2 Å². The van der Waals surface area contributed by atoms with Crippen molar-refractivity contribution >= 4 is 16.9 Å². The maximum atomic E-state index is 13.0. The first-order chi connectivity index (χ1) is 16.0. The summed E-state index contributed by atoms with van der Waals surface area (Å²) in [7, 11) is 1.94. The number of para-hydroxylation sites is 1. The van der Waals surface area contributed by atoms with E-state index in [1.165, 1.54) is 5.69 Å². The molecule has 1 N–H and O–H groups in total. The van der Waals surface area contributed by atoms with E-state index in [0.29, 0.717) is 6.54 Å². The topological polar surface area (TPSA) is 80.9 Å². The largest absolute Gasteiger partial charge is 0.336 e. The fourth-order valence-corrected chi connectivity index (χ4v) is 5.41. The molecule has 2 unspecified atom stereocenters. The molecule has 1 fully saturated rings. The number of urea groups is 1. The summed E-state index contributed by atoms with van der Waals surface area (Å²) in [6.07, 6.45) is 7.53. The van der Waals surface area contributed by atoms with Crippen molar-refractivity contribution in [3.8, 4) is 11.3 Å². The van der Waals surface area contributed by atoms with Gasteiger partial charge in [0.05, 0.1) is 17.3 Å². The summed E-state index contributed by atoms with van der Waals surface area (Å²) in [6.45, 7) is 4.32. The number of imidazole rings is 1. The number of benzene rings is 1. The van der Waals surface area contributed by atoms with Crippen LogP contribution in [0.5, 0.6) is 0 Å². The first-order valence-electron chi connectivity index (χ1n) is 11.5. The van der Waals surface area contributed by atoms with Crippen molar-refractivity contribution in [1.82, 2.24) is 34.5 Å². The van der Waals surface area contributed by atoms with E-state index in [1.807, 2.05) is 54.0 Å². The van der Waals surface area contributed by atoms with Crippen LogP contribution in [0.25, 0.3) is 22.2 Å². The predicted molar refractivity (Wildman–Crippen MR) is 126 cm³/mol. The molecule has 8 nitrogen and oxygen atoms in total. The molecule has 2 aliphatic heterocycles. The lowest BCUT2D eigenvalue weighted by molar-refractivity contribution is 0.201. The van der Waals surface area contributed by atoms with E-state index in [9.17, 15) is 4.79 Å². The van der Waals surface area contributed by atoms with Crippen LogP contribution in [0.3, 0.4) is 0 Å². The number of pyridine rings is 1. The molecule has 1 spiro atoms. The highest BCUT2D eigenvalue weighted by atomic mass is 16.2. The average Bonchev–Trinajstić information content (AvgIpc) is 3.59. The van der Waals surface area contributed by atoms with Gasteiger partial charge in [0.15, 0.2) is 0 Å². The number of hydrogen-bond acceptors (Lipinski definition) is 4. The van der Waals surface area contributed by atoms with Crippen molar-refractivity contribution in [1.29, 1.82) is 0 Å². The number of amides is 2. The molecule has 2 atom stereocenters. The molecule has 3 aromatic heterocycles. The summed E-state index contributed by atoms with van der Waals surface area (Å²) >= 11 is 0. The molecule has 1 aromatic carbocycles. The minimum atomic E-state index is -0.143. The van der Waals surface area contributed by atoms with Gasteiger partial charge in [0.1, 0.15) is 5.82 Å². The molecule has 0 saturated carbocycles. The number of rotatable bonds is 3. The fourth-order valence-electron chi connectivity index (χ4n) is 5.41. The van der Waals surface area contributed by atoms with Gasteiger partial charge in [0.2, 0.25) is 0 Å². The van der Waals surface area contributed by atoms with E-state index in [0.717, 1.165) is 53.9 Å². The Balaban J connectivity index is 1.21.